The van der Waals surface area contributed by atoms with Crippen LogP contribution in [0, 0.1) is 0 Å². The Morgan fingerprint density at radius 2 is 1.76 bits per heavy atom. The maximum Gasteiger partial charge on any atom is 0.410 e. The monoisotopic (exact) mass is 348 g/mol. The van der Waals surface area contributed by atoms with E-state index < -0.39 is 0 Å². The molecule has 1 amide bonds. The number of likely N-dealkylation sites (tertiary alicyclic amines) is 1. The molecule has 2 heterocycles. The van der Waals surface area contributed by atoms with Gasteiger partial charge in [-0.05, 0) is 37.0 Å². The third-order valence-electron chi connectivity index (χ3n) is 4.64. The summed E-state index contributed by atoms with van der Waals surface area (Å²) in [4.78, 5) is 16.0. The van der Waals surface area contributed by atoms with Crippen molar-refractivity contribution in [1.29, 1.82) is 0 Å². The second-order valence-corrected chi connectivity index (χ2v) is 6.55. The van der Waals surface area contributed by atoms with Gasteiger partial charge in [0.05, 0.1) is 19.8 Å². The molecule has 6 heteroatoms. The maximum atomic E-state index is 11.9. The summed E-state index contributed by atoms with van der Waals surface area (Å²) in [5.74, 6) is 0.858. The standard InChI is InChI=1S/C19H28N2O4/c22-19(21-9-1-2-10-21)25-16-17-4-6-18(7-5-17)24-13-3-8-20-11-14-23-15-12-20/h4-7H,1-3,8-16H2. The van der Waals surface area contributed by atoms with Crippen LogP contribution in [0.15, 0.2) is 24.3 Å². The number of benzene rings is 1. The zero-order chi connectivity index (χ0) is 17.3. The predicted molar refractivity (Wildman–Crippen MR) is 94.8 cm³/mol. The van der Waals surface area contributed by atoms with Crippen LogP contribution >= 0.6 is 0 Å². The zero-order valence-corrected chi connectivity index (χ0v) is 14.8. The minimum atomic E-state index is -0.207. The molecular weight excluding hydrogens is 320 g/mol. The van der Waals surface area contributed by atoms with Gasteiger partial charge in [0, 0.05) is 32.7 Å². The highest BCUT2D eigenvalue weighted by Crippen LogP contribution is 2.15. The van der Waals surface area contributed by atoms with Crippen LogP contribution in [0.2, 0.25) is 0 Å². The van der Waals surface area contributed by atoms with Crippen molar-refractivity contribution in [3.63, 3.8) is 0 Å². The molecule has 2 fully saturated rings. The number of ether oxygens (including phenoxy) is 3. The topological polar surface area (TPSA) is 51.2 Å². The first-order valence-corrected chi connectivity index (χ1v) is 9.25. The number of hydrogen-bond donors (Lipinski definition) is 0. The first-order chi connectivity index (χ1) is 12.3. The van der Waals surface area contributed by atoms with Gasteiger partial charge in [0.15, 0.2) is 0 Å². The van der Waals surface area contributed by atoms with Crippen LogP contribution in [-0.2, 0) is 16.1 Å². The van der Waals surface area contributed by atoms with Crippen molar-refractivity contribution in [3.8, 4) is 5.75 Å². The number of nitrogens with zero attached hydrogens (tertiary/aromatic N) is 2. The molecule has 25 heavy (non-hydrogen) atoms. The Bertz CT molecular complexity index is 523. The van der Waals surface area contributed by atoms with Gasteiger partial charge in [-0.15, -0.1) is 0 Å². The Labute approximate surface area is 149 Å². The number of carbonyl (C=O) groups is 1. The van der Waals surface area contributed by atoms with E-state index in [0.29, 0.717) is 13.2 Å². The molecule has 0 atom stereocenters. The Kier molecular flexibility index (Phi) is 6.94. The van der Waals surface area contributed by atoms with Crippen molar-refractivity contribution in [2.45, 2.75) is 25.9 Å². The Hall–Kier alpha value is -1.79. The molecule has 0 radical (unpaired) electrons. The summed E-state index contributed by atoms with van der Waals surface area (Å²) in [6.07, 6.45) is 2.95. The molecule has 6 nitrogen and oxygen atoms in total. The van der Waals surface area contributed by atoms with Crippen LogP contribution < -0.4 is 4.74 Å². The van der Waals surface area contributed by atoms with Crippen LogP contribution in [0.1, 0.15) is 24.8 Å². The van der Waals surface area contributed by atoms with Crippen LogP contribution in [0.4, 0.5) is 4.79 Å². The number of hydrogen-bond acceptors (Lipinski definition) is 5. The average Bonchev–Trinajstić information content (AvgIpc) is 3.20. The summed E-state index contributed by atoms with van der Waals surface area (Å²) in [6.45, 7) is 7.41. The van der Waals surface area contributed by atoms with Gasteiger partial charge in [0.1, 0.15) is 12.4 Å². The minimum absolute atomic E-state index is 0.207. The molecule has 138 valence electrons. The Balaban J connectivity index is 1.31. The summed E-state index contributed by atoms with van der Waals surface area (Å²) in [7, 11) is 0. The van der Waals surface area contributed by atoms with Crippen LogP contribution in [0.5, 0.6) is 5.75 Å². The lowest BCUT2D eigenvalue weighted by Crippen LogP contribution is -2.37. The van der Waals surface area contributed by atoms with E-state index in [4.69, 9.17) is 14.2 Å². The normalized spacial score (nSPS) is 18.3. The number of rotatable bonds is 7. The SMILES string of the molecule is O=C(OCc1ccc(OCCCN2CCOCC2)cc1)N1CCCC1. The van der Waals surface area contributed by atoms with Gasteiger partial charge in [-0.2, -0.15) is 0 Å². The number of carbonyl (C=O) groups excluding carboxylic acids is 1. The van der Waals surface area contributed by atoms with Crippen molar-refractivity contribution in [2.24, 2.45) is 0 Å². The Morgan fingerprint density at radius 3 is 2.48 bits per heavy atom. The molecule has 2 aliphatic rings. The fraction of sp³-hybridized carbons (Fsp3) is 0.632. The Morgan fingerprint density at radius 1 is 1.04 bits per heavy atom. The first kappa shape index (κ1) is 18.0. The summed E-state index contributed by atoms with van der Waals surface area (Å²) in [6, 6.07) is 7.78. The first-order valence-electron chi connectivity index (χ1n) is 9.25. The summed E-state index contributed by atoms with van der Waals surface area (Å²) >= 11 is 0. The summed E-state index contributed by atoms with van der Waals surface area (Å²) in [5, 5.41) is 0. The van der Waals surface area contributed by atoms with Gasteiger partial charge >= 0.3 is 6.09 Å². The average molecular weight is 348 g/mol. The molecule has 0 spiro atoms. The zero-order valence-electron chi connectivity index (χ0n) is 14.8. The fourth-order valence-electron chi connectivity index (χ4n) is 3.12. The third kappa shape index (κ3) is 5.90. The van der Waals surface area contributed by atoms with Crippen LogP contribution in [0.25, 0.3) is 0 Å². The van der Waals surface area contributed by atoms with Crippen molar-refractivity contribution in [2.75, 3.05) is 52.5 Å². The predicted octanol–water partition coefficient (Wildman–Crippen LogP) is 2.52. The van der Waals surface area contributed by atoms with Crippen LogP contribution in [-0.4, -0.2) is 68.4 Å². The molecule has 0 aliphatic carbocycles. The maximum absolute atomic E-state index is 11.9. The second kappa shape index (κ2) is 9.63. The van der Waals surface area contributed by atoms with Gasteiger partial charge in [-0.3, -0.25) is 4.90 Å². The number of amides is 1. The highest BCUT2D eigenvalue weighted by molar-refractivity contribution is 5.67. The van der Waals surface area contributed by atoms with E-state index in [9.17, 15) is 4.79 Å². The summed E-state index contributed by atoms with van der Waals surface area (Å²) < 4.78 is 16.5. The molecular formula is C19H28N2O4. The van der Waals surface area contributed by atoms with E-state index in [1.807, 2.05) is 24.3 Å². The van der Waals surface area contributed by atoms with E-state index in [1.54, 1.807) is 4.90 Å². The molecule has 0 aromatic heterocycles. The van der Waals surface area contributed by atoms with Crippen molar-refractivity contribution < 1.29 is 19.0 Å². The lowest BCUT2D eigenvalue weighted by Gasteiger charge is -2.26. The van der Waals surface area contributed by atoms with Crippen LogP contribution in [0.3, 0.4) is 0 Å². The van der Waals surface area contributed by atoms with Gasteiger partial charge in [0.25, 0.3) is 0 Å². The lowest BCUT2D eigenvalue weighted by molar-refractivity contribution is 0.0358. The molecule has 2 aliphatic heterocycles. The van der Waals surface area contributed by atoms with E-state index in [-0.39, 0.29) is 6.09 Å². The van der Waals surface area contributed by atoms with Gasteiger partial charge in [0.2, 0.25) is 0 Å². The van der Waals surface area contributed by atoms with Gasteiger partial charge in [-0.25, -0.2) is 4.79 Å². The van der Waals surface area contributed by atoms with Crippen molar-refractivity contribution in [3.05, 3.63) is 29.8 Å². The largest absolute Gasteiger partial charge is 0.494 e. The van der Waals surface area contributed by atoms with Gasteiger partial charge < -0.3 is 19.1 Å². The van der Waals surface area contributed by atoms with E-state index in [1.165, 1.54) is 0 Å². The molecule has 0 bridgehead atoms. The molecule has 1 aromatic carbocycles. The molecule has 3 rings (SSSR count). The fourth-order valence-corrected chi connectivity index (χ4v) is 3.12. The lowest BCUT2D eigenvalue weighted by atomic mass is 10.2. The molecule has 2 saturated heterocycles. The minimum Gasteiger partial charge on any atom is -0.494 e. The molecule has 0 saturated carbocycles. The third-order valence-corrected chi connectivity index (χ3v) is 4.64. The van der Waals surface area contributed by atoms with E-state index in [0.717, 1.165) is 76.5 Å². The smallest absolute Gasteiger partial charge is 0.410 e. The molecule has 0 unspecified atom stereocenters. The second-order valence-electron chi connectivity index (χ2n) is 6.55. The number of morpholine rings is 1. The quantitative estimate of drug-likeness (QED) is 0.709. The van der Waals surface area contributed by atoms with Gasteiger partial charge in [-0.1, -0.05) is 12.1 Å². The van der Waals surface area contributed by atoms with Crippen molar-refractivity contribution >= 4 is 6.09 Å². The van der Waals surface area contributed by atoms with E-state index in [2.05, 4.69) is 4.90 Å². The van der Waals surface area contributed by atoms with Crippen molar-refractivity contribution in [1.82, 2.24) is 9.80 Å². The molecule has 0 N–H and O–H groups in total. The highest BCUT2D eigenvalue weighted by Gasteiger charge is 2.18. The highest BCUT2D eigenvalue weighted by atomic mass is 16.6. The molecule has 1 aromatic rings. The van der Waals surface area contributed by atoms with E-state index >= 15 is 0 Å². The summed E-state index contributed by atoms with van der Waals surface area (Å²) in [5.41, 5.74) is 0.980.